The van der Waals surface area contributed by atoms with Crippen LogP contribution >= 0.6 is 0 Å². The number of carbonyl (C=O) groups is 1. The predicted molar refractivity (Wildman–Crippen MR) is 109 cm³/mol. The van der Waals surface area contributed by atoms with Crippen molar-refractivity contribution in [2.24, 2.45) is 0 Å². The minimum absolute atomic E-state index is 0.0725. The monoisotopic (exact) mass is 396 g/mol. The Morgan fingerprint density at radius 3 is 2.18 bits per heavy atom. The Morgan fingerprint density at radius 2 is 1.50 bits per heavy atom. The molecule has 28 heavy (non-hydrogen) atoms. The highest BCUT2D eigenvalue weighted by molar-refractivity contribution is 7.95. The Bertz CT molecular complexity index is 1100. The molecule has 5 nitrogen and oxygen atoms in total. The van der Waals surface area contributed by atoms with E-state index in [2.05, 4.69) is 10.0 Å². The third-order valence-electron chi connectivity index (χ3n) is 3.77. The van der Waals surface area contributed by atoms with Crippen molar-refractivity contribution in [2.75, 3.05) is 10.0 Å². The summed E-state index contributed by atoms with van der Waals surface area (Å²) in [5, 5.41) is 3.54. The molecule has 0 aliphatic carbocycles. The SMILES string of the molecule is O=C(Nc1ccccc1F)c1ccc(NS(=O)(=O)/C=C/c2ccccc2)cc1. The fraction of sp³-hybridized carbons (Fsp3) is 0. The summed E-state index contributed by atoms with van der Waals surface area (Å²) in [6, 6.07) is 20.7. The van der Waals surface area contributed by atoms with Gasteiger partial charge in [0, 0.05) is 11.3 Å². The molecule has 0 aromatic heterocycles. The van der Waals surface area contributed by atoms with Gasteiger partial charge in [0.25, 0.3) is 15.9 Å². The van der Waals surface area contributed by atoms with Crippen molar-refractivity contribution in [3.05, 3.63) is 101 Å². The largest absolute Gasteiger partial charge is 0.319 e. The van der Waals surface area contributed by atoms with Gasteiger partial charge in [-0.15, -0.1) is 0 Å². The van der Waals surface area contributed by atoms with Gasteiger partial charge in [-0.05, 0) is 48.0 Å². The lowest BCUT2D eigenvalue weighted by molar-refractivity contribution is 0.102. The molecule has 0 spiro atoms. The van der Waals surface area contributed by atoms with Crippen molar-refractivity contribution in [2.45, 2.75) is 0 Å². The van der Waals surface area contributed by atoms with Crippen LogP contribution in [0.25, 0.3) is 6.08 Å². The number of rotatable bonds is 6. The second-order valence-corrected chi connectivity index (χ2v) is 7.44. The van der Waals surface area contributed by atoms with Gasteiger partial charge in [-0.25, -0.2) is 12.8 Å². The fourth-order valence-electron chi connectivity index (χ4n) is 2.38. The number of hydrogen-bond donors (Lipinski definition) is 2. The quantitative estimate of drug-likeness (QED) is 0.645. The lowest BCUT2D eigenvalue weighted by Crippen LogP contribution is -2.13. The summed E-state index contributed by atoms with van der Waals surface area (Å²) in [7, 11) is -3.70. The van der Waals surface area contributed by atoms with Crippen LogP contribution in [0, 0.1) is 5.82 Å². The molecule has 0 saturated heterocycles. The Morgan fingerprint density at radius 1 is 0.857 bits per heavy atom. The molecule has 0 bridgehead atoms. The molecule has 142 valence electrons. The Hall–Kier alpha value is -3.45. The fourth-order valence-corrected chi connectivity index (χ4v) is 3.25. The van der Waals surface area contributed by atoms with E-state index in [1.807, 2.05) is 18.2 Å². The lowest BCUT2D eigenvalue weighted by atomic mass is 10.2. The maximum Gasteiger partial charge on any atom is 0.255 e. The maximum atomic E-state index is 13.6. The molecule has 0 fully saturated rings. The number of amides is 1. The Labute approximate surface area is 162 Å². The van der Waals surface area contributed by atoms with Crippen LogP contribution in [0.2, 0.25) is 0 Å². The molecule has 0 unspecified atom stereocenters. The van der Waals surface area contributed by atoms with Crippen molar-refractivity contribution in [1.29, 1.82) is 0 Å². The predicted octanol–water partition coefficient (Wildman–Crippen LogP) is 4.49. The van der Waals surface area contributed by atoms with E-state index in [0.717, 1.165) is 11.0 Å². The zero-order valence-electron chi connectivity index (χ0n) is 14.7. The first-order chi connectivity index (χ1) is 13.4. The van der Waals surface area contributed by atoms with Crippen LogP contribution in [-0.4, -0.2) is 14.3 Å². The summed E-state index contributed by atoms with van der Waals surface area (Å²) >= 11 is 0. The minimum atomic E-state index is -3.70. The molecule has 0 aliphatic rings. The van der Waals surface area contributed by atoms with E-state index in [4.69, 9.17) is 0 Å². The normalized spacial score (nSPS) is 11.3. The molecule has 2 N–H and O–H groups in total. The van der Waals surface area contributed by atoms with Crippen LogP contribution < -0.4 is 10.0 Å². The van der Waals surface area contributed by atoms with Crippen LogP contribution in [0.4, 0.5) is 15.8 Å². The van der Waals surface area contributed by atoms with E-state index >= 15 is 0 Å². The van der Waals surface area contributed by atoms with Crippen molar-refractivity contribution in [3.8, 4) is 0 Å². The first-order valence-electron chi connectivity index (χ1n) is 8.35. The third-order valence-corrected chi connectivity index (χ3v) is 4.78. The summed E-state index contributed by atoms with van der Waals surface area (Å²) < 4.78 is 40.3. The average Bonchev–Trinajstić information content (AvgIpc) is 2.69. The number of nitrogens with one attached hydrogen (secondary N) is 2. The van der Waals surface area contributed by atoms with Gasteiger partial charge in [0.05, 0.1) is 11.1 Å². The highest BCUT2D eigenvalue weighted by Crippen LogP contribution is 2.16. The van der Waals surface area contributed by atoms with E-state index in [1.165, 1.54) is 48.5 Å². The van der Waals surface area contributed by atoms with Gasteiger partial charge < -0.3 is 5.32 Å². The number of para-hydroxylation sites is 1. The molecule has 3 rings (SSSR count). The van der Waals surface area contributed by atoms with Crippen LogP contribution in [-0.2, 0) is 10.0 Å². The molecule has 0 radical (unpaired) electrons. The third kappa shape index (κ3) is 5.28. The van der Waals surface area contributed by atoms with Gasteiger partial charge in [0.1, 0.15) is 5.82 Å². The number of anilines is 2. The molecule has 3 aromatic rings. The second kappa shape index (κ2) is 8.49. The number of halogens is 1. The van der Waals surface area contributed by atoms with Crippen LogP contribution in [0.1, 0.15) is 15.9 Å². The summed E-state index contributed by atoms with van der Waals surface area (Å²) in [4.78, 5) is 12.2. The van der Waals surface area contributed by atoms with E-state index in [9.17, 15) is 17.6 Å². The minimum Gasteiger partial charge on any atom is -0.319 e. The number of hydrogen-bond acceptors (Lipinski definition) is 3. The van der Waals surface area contributed by atoms with Gasteiger partial charge in [0.15, 0.2) is 0 Å². The molecular formula is C21H17FN2O3S. The van der Waals surface area contributed by atoms with Crippen LogP contribution in [0.3, 0.4) is 0 Å². The van der Waals surface area contributed by atoms with Gasteiger partial charge in [-0.3, -0.25) is 9.52 Å². The molecular weight excluding hydrogens is 379 g/mol. The van der Waals surface area contributed by atoms with Gasteiger partial charge in [-0.2, -0.15) is 0 Å². The first kappa shape index (κ1) is 19.3. The Balaban J connectivity index is 1.66. The van der Waals surface area contributed by atoms with E-state index in [1.54, 1.807) is 18.2 Å². The van der Waals surface area contributed by atoms with Crippen molar-refractivity contribution >= 4 is 33.4 Å². The zero-order valence-corrected chi connectivity index (χ0v) is 15.5. The highest BCUT2D eigenvalue weighted by Gasteiger charge is 2.10. The number of carbonyl (C=O) groups excluding carboxylic acids is 1. The van der Waals surface area contributed by atoms with Gasteiger partial charge in [-0.1, -0.05) is 42.5 Å². The maximum absolute atomic E-state index is 13.6. The molecule has 7 heteroatoms. The molecule has 0 heterocycles. The molecule has 0 atom stereocenters. The smallest absolute Gasteiger partial charge is 0.255 e. The summed E-state index contributed by atoms with van der Waals surface area (Å²) in [6.07, 6.45) is 1.48. The van der Waals surface area contributed by atoms with E-state index in [-0.39, 0.29) is 11.3 Å². The molecule has 1 amide bonds. The van der Waals surface area contributed by atoms with E-state index in [0.29, 0.717) is 5.69 Å². The van der Waals surface area contributed by atoms with Crippen LogP contribution in [0.5, 0.6) is 0 Å². The van der Waals surface area contributed by atoms with Crippen molar-refractivity contribution in [1.82, 2.24) is 0 Å². The second-order valence-electron chi connectivity index (χ2n) is 5.87. The van der Waals surface area contributed by atoms with Crippen LogP contribution in [0.15, 0.2) is 84.3 Å². The molecule has 0 aliphatic heterocycles. The number of sulfonamides is 1. The summed E-state index contributed by atoms with van der Waals surface area (Å²) in [6.45, 7) is 0. The van der Waals surface area contributed by atoms with Crippen molar-refractivity contribution in [3.63, 3.8) is 0 Å². The molecule has 3 aromatic carbocycles. The summed E-state index contributed by atoms with van der Waals surface area (Å²) in [5.41, 5.74) is 1.41. The standard InChI is InChI=1S/C21H17FN2O3S/c22-19-8-4-5-9-20(19)23-21(25)17-10-12-18(13-11-17)24-28(26,27)15-14-16-6-2-1-3-7-16/h1-15,24H,(H,23,25)/b15-14+. The van der Waals surface area contributed by atoms with Gasteiger partial charge >= 0.3 is 0 Å². The lowest BCUT2D eigenvalue weighted by Gasteiger charge is -2.08. The molecule has 0 saturated carbocycles. The van der Waals surface area contributed by atoms with Crippen molar-refractivity contribution < 1.29 is 17.6 Å². The zero-order chi connectivity index (χ0) is 20.0. The highest BCUT2D eigenvalue weighted by atomic mass is 32.2. The Kier molecular flexibility index (Phi) is 5.86. The number of benzene rings is 3. The topological polar surface area (TPSA) is 75.3 Å². The van der Waals surface area contributed by atoms with E-state index < -0.39 is 21.7 Å². The summed E-state index contributed by atoms with van der Waals surface area (Å²) in [5.74, 6) is -1.03. The average molecular weight is 396 g/mol. The van der Waals surface area contributed by atoms with Gasteiger partial charge in [0.2, 0.25) is 0 Å². The first-order valence-corrected chi connectivity index (χ1v) is 9.89.